The van der Waals surface area contributed by atoms with Gasteiger partial charge < -0.3 is 14.6 Å². The van der Waals surface area contributed by atoms with E-state index in [1.807, 2.05) is 0 Å². The van der Waals surface area contributed by atoms with Crippen LogP contribution >= 0.6 is 0 Å². The number of hydrogen-bond donors (Lipinski definition) is 1. The second kappa shape index (κ2) is 1.72. The van der Waals surface area contributed by atoms with Crippen molar-refractivity contribution >= 4 is 0 Å². The molecule has 2 aliphatic carbocycles. The molecule has 1 N–H and O–H groups in total. The number of epoxide rings is 2. The third kappa shape index (κ3) is 0.605. The van der Waals surface area contributed by atoms with Crippen molar-refractivity contribution in [3.63, 3.8) is 0 Å². The van der Waals surface area contributed by atoms with Gasteiger partial charge >= 0.3 is 0 Å². The fraction of sp³-hybridized carbons (Fsp3) is 1.00. The molecule has 12 heavy (non-hydrogen) atoms. The van der Waals surface area contributed by atoms with Gasteiger partial charge in [-0.1, -0.05) is 0 Å². The van der Waals surface area contributed by atoms with Crippen molar-refractivity contribution in [1.82, 2.24) is 0 Å². The molecule has 4 fully saturated rings. The summed E-state index contributed by atoms with van der Waals surface area (Å²) < 4.78 is 11.0. The Morgan fingerprint density at radius 3 is 1.92 bits per heavy atom. The zero-order valence-corrected chi connectivity index (χ0v) is 6.72. The van der Waals surface area contributed by atoms with Gasteiger partial charge in [-0.05, 0) is 12.8 Å². The Kier molecular flexibility index (Phi) is 0.908. The van der Waals surface area contributed by atoms with E-state index >= 15 is 0 Å². The minimum Gasteiger partial charge on any atom is -0.392 e. The van der Waals surface area contributed by atoms with Gasteiger partial charge in [0.05, 0.1) is 30.5 Å². The minimum atomic E-state index is -0.141. The highest BCUT2D eigenvalue weighted by molar-refractivity contribution is 5.13. The summed E-state index contributed by atoms with van der Waals surface area (Å²) in [4.78, 5) is 0. The van der Waals surface area contributed by atoms with Crippen LogP contribution in [0.4, 0.5) is 0 Å². The Morgan fingerprint density at radius 2 is 1.42 bits per heavy atom. The van der Waals surface area contributed by atoms with E-state index in [9.17, 15) is 5.11 Å². The van der Waals surface area contributed by atoms with Crippen molar-refractivity contribution in [2.45, 2.75) is 43.4 Å². The van der Waals surface area contributed by atoms with Crippen LogP contribution in [-0.4, -0.2) is 35.6 Å². The van der Waals surface area contributed by atoms with Crippen molar-refractivity contribution in [2.24, 2.45) is 11.8 Å². The highest BCUT2D eigenvalue weighted by Crippen LogP contribution is 2.55. The standard InChI is InChI=1S/C9H12O3/c10-7-3-1-5-9(11-5)4(7)2-6-8(3)12-6/h3-10H,1-2H2. The van der Waals surface area contributed by atoms with Gasteiger partial charge in [-0.25, -0.2) is 0 Å². The third-order valence-electron chi connectivity index (χ3n) is 3.97. The molecule has 0 aromatic carbocycles. The van der Waals surface area contributed by atoms with Crippen LogP contribution in [0.2, 0.25) is 0 Å². The lowest BCUT2D eigenvalue weighted by atomic mass is 9.70. The number of aliphatic hydroxyl groups is 1. The molecule has 0 amide bonds. The monoisotopic (exact) mass is 168 g/mol. The van der Waals surface area contributed by atoms with E-state index < -0.39 is 0 Å². The first-order chi connectivity index (χ1) is 5.84. The molecule has 2 heterocycles. The topological polar surface area (TPSA) is 45.3 Å². The van der Waals surface area contributed by atoms with Gasteiger partial charge in [0, 0.05) is 11.8 Å². The Balaban J connectivity index is 1.73. The Labute approximate surface area is 70.7 Å². The summed E-state index contributed by atoms with van der Waals surface area (Å²) in [6.45, 7) is 0. The lowest BCUT2D eigenvalue weighted by Gasteiger charge is -2.34. The zero-order valence-electron chi connectivity index (χ0n) is 6.72. The number of hydrogen-bond acceptors (Lipinski definition) is 3. The molecule has 2 saturated heterocycles. The van der Waals surface area contributed by atoms with Crippen LogP contribution in [0.3, 0.4) is 0 Å². The third-order valence-corrected chi connectivity index (χ3v) is 3.97. The van der Waals surface area contributed by atoms with Crippen molar-refractivity contribution in [2.75, 3.05) is 0 Å². The fourth-order valence-corrected chi connectivity index (χ4v) is 3.24. The van der Waals surface area contributed by atoms with Crippen LogP contribution in [0.15, 0.2) is 0 Å². The summed E-state index contributed by atoms with van der Waals surface area (Å²) in [6, 6.07) is 0. The Hall–Kier alpha value is -0.120. The van der Waals surface area contributed by atoms with Crippen molar-refractivity contribution in [1.29, 1.82) is 0 Å². The van der Waals surface area contributed by atoms with Gasteiger partial charge in [0.2, 0.25) is 0 Å². The molecule has 2 saturated carbocycles. The van der Waals surface area contributed by atoms with Gasteiger partial charge in [0.1, 0.15) is 0 Å². The molecule has 2 bridgehead atoms. The molecule has 6 atom stereocenters. The van der Waals surface area contributed by atoms with Gasteiger partial charge in [-0.3, -0.25) is 0 Å². The lowest BCUT2D eigenvalue weighted by Crippen LogP contribution is -2.45. The molecule has 6 unspecified atom stereocenters. The predicted molar refractivity (Wildman–Crippen MR) is 39.5 cm³/mol. The summed E-state index contributed by atoms with van der Waals surface area (Å²) in [5.41, 5.74) is 0. The van der Waals surface area contributed by atoms with Crippen molar-refractivity contribution in [3.05, 3.63) is 0 Å². The normalized spacial score (nSPS) is 71.2. The van der Waals surface area contributed by atoms with Crippen LogP contribution in [0.1, 0.15) is 12.8 Å². The van der Waals surface area contributed by atoms with E-state index in [1.165, 1.54) is 0 Å². The predicted octanol–water partition coefficient (Wildman–Crippen LogP) is -0.0781. The maximum atomic E-state index is 9.92. The summed E-state index contributed by atoms with van der Waals surface area (Å²) in [6.07, 6.45) is 3.61. The molecule has 3 nitrogen and oxygen atoms in total. The lowest BCUT2D eigenvalue weighted by molar-refractivity contribution is 0.00703. The molecule has 2 aliphatic heterocycles. The van der Waals surface area contributed by atoms with E-state index in [0.29, 0.717) is 36.3 Å². The number of aliphatic hydroxyl groups excluding tert-OH is 1. The van der Waals surface area contributed by atoms with Crippen LogP contribution in [-0.2, 0) is 9.47 Å². The maximum absolute atomic E-state index is 9.92. The van der Waals surface area contributed by atoms with Crippen LogP contribution < -0.4 is 0 Å². The van der Waals surface area contributed by atoms with Crippen LogP contribution in [0.5, 0.6) is 0 Å². The molecule has 0 aromatic heterocycles. The van der Waals surface area contributed by atoms with Gasteiger partial charge in [-0.15, -0.1) is 0 Å². The molecule has 4 rings (SSSR count). The van der Waals surface area contributed by atoms with Crippen molar-refractivity contribution in [3.8, 4) is 0 Å². The highest BCUT2D eigenvalue weighted by atomic mass is 16.6. The molecule has 66 valence electrons. The summed E-state index contributed by atoms with van der Waals surface area (Å²) in [5.74, 6) is 0.773. The fourth-order valence-electron chi connectivity index (χ4n) is 3.24. The molecule has 0 radical (unpaired) electrons. The quantitative estimate of drug-likeness (QED) is 0.515. The first kappa shape index (κ1) is 6.35. The second-order valence-electron chi connectivity index (χ2n) is 4.57. The van der Waals surface area contributed by atoms with E-state index in [1.54, 1.807) is 0 Å². The van der Waals surface area contributed by atoms with E-state index in [4.69, 9.17) is 9.47 Å². The molecule has 0 spiro atoms. The number of ether oxygens (including phenoxy) is 2. The summed E-state index contributed by atoms with van der Waals surface area (Å²) >= 11 is 0. The number of rotatable bonds is 0. The molecular weight excluding hydrogens is 156 g/mol. The van der Waals surface area contributed by atoms with Crippen LogP contribution in [0, 0.1) is 11.8 Å². The minimum absolute atomic E-state index is 0.141. The second-order valence-corrected chi connectivity index (χ2v) is 4.57. The first-order valence-electron chi connectivity index (χ1n) is 4.83. The number of fused-ring (bicyclic) bond motifs is 6. The van der Waals surface area contributed by atoms with Gasteiger partial charge in [0.15, 0.2) is 0 Å². The maximum Gasteiger partial charge on any atom is 0.0895 e. The molecule has 4 aliphatic rings. The molecule has 0 aromatic rings. The highest BCUT2D eigenvalue weighted by Gasteiger charge is 2.65. The largest absolute Gasteiger partial charge is 0.392 e. The SMILES string of the molecule is OC1C2CC3OC3C1CC1OC12. The summed E-state index contributed by atoms with van der Waals surface area (Å²) in [5, 5.41) is 9.92. The van der Waals surface area contributed by atoms with E-state index in [-0.39, 0.29) is 6.10 Å². The average molecular weight is 168 g/mol. The van der Waals surface area contributed by atoms with Crippen molar-refractivity contribution < 1.29 is 14.6 Å². The average Bonchev–Trinajstić information content (AvgIpc) is 2.83. The Bertz CT molecular complexity index is 218. The molecular formula is C9H12O3. The van der Waals surface area contributed by atoms with Crippen LogP contribution in [0.25, 0.3) is 0 Å². The van der Waals surface area contributed by atoms with E-state index in [0.717, 1.165) is 12.8 Å². The van der Waals surface area contributed by atoms with E-state index in [2.05, 4.69) is 0 Å². The molecule has 3 heteroatoms. The summed E-state index contributed by atoms with van der Waals surface area (Å²) in [7, 11) is 0. The smallest absolute Gasteiger partial charge is 0.0895 e. The van der Waals surface area contributed by atoms with Gasteiger partial charge in [-0.2, -0.15) is 0 Å². The zero-order chi connectivity index (χ0) is 7.87. The van der Waals surface area contributed by atoms with Gasteiger partial charge in [0.25, 0.3) is 0 Å². The first-order valence-corrected chi connectivity index (χ1v) is 4.83. The Morgan fingerprint density at radius 1 is 0.917 bits per heavy atom.